The minimum absolute atomic E-state index is 0.0424. The van der Waals surface area contributed by atoms with E-state index in [0.29, 0.717) is 31.7 Å². The predicted octanol–water partition coefficient (Wildman–Crippen LogP) is 1.19. The molecule has 0 aromatic heterocycles. The van der Waals surface area contributed by atoms with Crippen molar-refractivity contribution in [3.05, 3.63) is 48.0 Å². The Hall–Kier alpha value is -3.10. The highest BCUT2D eigenvalue weighted by atomic mass is 16.5. The SMILES string of the molecule is O=C(c1ccc(-c2ccc3c(c2)NCN3)cc1)N1CCN(C(=O)C2(O)COC2)CC1. The molecule has 2 aromatic rings. The van der Waals surface area contributed by atoms with Crippen molar-refractivity contribution in [3.63, 3.8) is 0 Å². The molecule has 2 amide bonds. The Morgan fingerprint density at radius 3 is 2.17 bits per heavy atom. The number of benzene rings is 2. The van der Waals surface area contributed by atoms with Gasteiger partial charge in [-0.15, -0.1) is 0 Å². The number of amides is 2. The number of anilines is 2. The van der Waals surface area contributed by atoms with Gasteiger partial charge in [0.05, 0.1) is 31.3 Å². The van der Waals surface area contributed by atoms with Crippen molar-refractivity contribution >= 4 is 23.2 Å². The first-order chi connectivity index (χ1) is 14.5. The van der Waals surface area contributed by atoms with Gasteiger partial charge in [0.2, 0.25) is 0 Å². The Balaban J connectivity index is 1.22. The van der Waals surface area contributed by atoms with E-state index in [9.17, 15) is 14.7 Å². The zero-order valence-electron chi connectivity index (χ0n) is 16.6. The molecule has 0 unspecified atom stereocenters. The van der Waals surface area contributed by atoms with E-state index in [1.54, 1.807) is 9.80 Å². The second-order valence-corrected chi connectivity index (χ2v) is 7.98. The molecule has 8 nitrogen and oxygen atoms in total. The second-order valence-electron chi connectivity index (χ2n) is 7.98. The van der Waals surface area contributed by atoms with Crippen LogP contribution in [0.2, 0.25) is 0 Å². The van der Waals surface area contributed by atoms with E-state index in [2.05, 4.69) is 28.8 Å². The third kappa shape index (κ3) is 3.28. The summed E-state index contributed by atoms with van der Waals surface area (Å²) < 4.78 is 4.96. The van der Waals surface area contributed by atoms with Crippen molar-refractivity contribution in [2.24, 2.45) is 0 Å². The zero-order chi connectivity index (χ0) is 20.7. The number of rotatable bonds is 3. The van der Waals surface area contributed by atoms with Gasteiger partial charge in [-0.2, -0.15) is 0 Å². The van der Waals surface area contributed by atoms with Crippen molar-refractivity contribution in [2.75, 3.05) is 56.7 Å². The number of nitrogens with zero attached hydrogens (tertiary/aromatic N) is 2. The van der Waals surface area contributed by atoms with Crippen molar-refractivity contribution in [1.29, 1.82) is 0 Å². The third-order valence-electron chi connectivity index (χ3n) is 5.98. The van der Waals surface area contributed by atoms with Crippen LogP contribution in [-0.2, 0) is 9.53 Å². The average molecular weight is 408 g/mol. The van der Waals surface area contributed by atoms with Crippen molar-refractivity contribution in [1.82, 2.24) is 9.80 Å². The highest BCUT2D eigenvalue weighted by molar-refractivity contribution is 5.95. The van der Waals surface area contributed by atoms with Gasteiger partial charge in [-0.1, -0.05) is 18.2 Å². The number of nitrogens with one attached hydrogen (secondary N) is 2. The van der Waals surface area contributed by atoms with E-state index in [1.165, 1.54) is 0 Å². The molecule has 3 N–H and O–H groups in total. The lowest BCUT2D eigenvalue weighted by Gasteiger charge is -2.42. The summed E-state index contributed by atoms with van der Waals surface area (Å²) in [5, 5.41) is 16.7. The summed E-state index contributed by atoms with van der Waals surface area (Å²) in [7, 11) is 0. The number of fused-ring (bicyclic) bond motifs is 1. The van der Waals surface area contributed by atoms with E-state index in [1.807, 2.05) is 24.3 Å². The molecule has 0 bridgehead atoms. The normalized spacial score (nSPS) is 19.4. The van der Waals surface area contributed by atoms with E-state index in [-0.39, 0.29) is 25.0 Å². The number of aliphatic hydroxyl groups is 1. The largest absolute Gasteiger partial charge is 0.376 e. The Morgan fingerprint density at radius 2 is 1.50 bits per heavy atom. The monoisotopic (exact) mass is 408 g/mol. The molecule has 0 aliphatic carbocycles. The fourth-order valence-electron chi connectivity index (χ4n) is 4.07. The van der Waals surface area contributed by atoms with E-state index in [0.717, 1.165) is 29.2 Å². The fourth-order valence-corrected chi connectivity index (χ4v) is 4.07. The molecule has 30 heavy (non-hydrogen) atoms. The Labute approximate surface area is 174 Å². The predicted molar refractivity (Wildman–Crippen MR) is 112 cm³/mol. The molecule has 3 aliphatic rings. The molecule has 3 aliphatic heterocycles. The molecule has 0 radical (unpaired) electrons. The van der Waals surface area contributed by atoms with Crippen LogP contribution in [0.4, 0.5) is 11.4 Å². The number of carbonyl (C=O) groups is 2. The van der Waals surface area contributed by atoms with Crippen LogP contribution in [0.25, 0.3) is 11.1 Å². The third-order valence-corrected chi connectivity index (χ3v) is 5.98. The first-order valence-electron chi connectivity index (χ1n) is 10.1. The standard InChI is InChI=1S/C22H24N4O4/c27-20(25-7-9-26(10-8-25)21(28)22(29)12-30-13-22)16-3-1-15(2-4-16)17-5-6-18-19(11-17)24-14-23-18/h1-6,11,23-24,29H,7-10,12-14H2. The summed E-state index contributed by atoms with van der Waals surface area (Å²) in [6, 6.07) is 13.8. The molecule has 5 rings (SSSR count). The lowest BCUT2D eigenvalue weighted by molar-refractivity contribution is -0.201. The van der Waals surface area contributed by atoms with E-state index < -0.39 is 5.60 Å². The lowest BCUT2D eigenvalue weighted by atomic mass is 10.00. The Kier molecular flexibility index (Phi) is 4.60. The maximum absolute atomic E-state index is 12.9. The first kappa shape index (κ1) is 18.9. The van der Waals surface area contributed by atoms with Crippen molar-refractivity contribution in [2.45, 2.75) is 5.60 Å². The molecule has 0 saturated carbocycles. The molecule has 3 heterocycles. The van der Waals surface area contributed by atoms with Crippen LogP contribution in [0.3, 0.4) is 0 Å². The molecular formula is C22H24N4O4. The minimum Gasteiger partial charge on any atom is -0.376 e. The van der Waals surface area contributed by atoms with Gasteiger partial charge < -0.3 is 30.3 Å². The summed E-state index contributed by atoms with van der Waals surface area (Å²) in [4.78, 5) is 28.6. The summed E-state index contributed by atoms with van der Waals surface area (Å²) in [6.07, 6.45) is 0. The summed E-state index contributed by atoms with van der Waals surface area (Å²) in [5.74, 6) is -0.344. The van der Waals surface area contributed by atoms with Gasteiger partial charge in [0.1, 0.15) is 0 Å². The van der Waals surface area contributed by atoms with Crippen LogP contribution in [0.15, 0.2) is 42.5 Å². The van der Waals surface area contributed by atoms with Gasteiger partial charge in [0.25, 0.3) is 11.8 Å². The lowest BCUT2D eigenvalue weighted by Crippen LogP contribution is -2.64. The second kappa shape index (κ2) is 7.30. The highest BCUT2D eigenvalue weighted by Gasteiger charge is 2.46. The molecule has 8 heteroatoms. The topological polar surface area (TPSA) is 94.1 Å². The van der Waals surface area contributed by atoms with Crippen LogP contribution in [0.5, 0.6) is 0 Å². The minimum atomic E-state index is -1.38. The summed E-state index contributed by atoms with van der Waals surface area (Å²) in [6.45, 7) is 2.57. The maximum Gasteiger partial charge on any atom is 0.259 e. The molecule has 0 spiro atoms. The van der Waals surface area contributed by atoms with Crippen LogP contribution < -0.4 is 10.6 Å². The van der Waals surface area contributed by atoms with E-state index >= 15 is 0 Å². The maximum atomic E-state index is 12.9. The first-order valence-corrected chi connectivity index (χ1v) is 10.1. The molecule has 0 atom stereocenters. The number of ether oxygens (including phenoxy) is 1. The quantitative estimate of drug-likeness (QED) is 0.707. The number of hydrogen-bond acceptors (Lipinski definition) is 6. The van der Waals surface area contributed by atoms with Crippen molar-refractivity contribution < 1.29 is 19.4 Å². The van der Waals surface area contributed by atoms with Gasteiger partial charge >= 0.3 is 0 Å². The van der Waals surface area contributed by atoms with Crippen LogP contribution >= 0.6 is 0 Å². The van der Waals surface area contributed by atoms with Gasteiger partial charge in [0.15, 0.2) is 5.60 Å². The van der Waals surface area contributed by atoms with Gasteiger partial charge in [0, 0.05) is 31.7 Å². The zero-order valence-corrected chi connectivity index (χ0v) is 16.6. The molecule has 2 saturated heterocycles. The summed E-state index contributed by atoms with van der Waals surface area (Å²) >= 11 is 0. The van der Waals surface area contributed by atoms with Crippen LogP contribution in [0, 0.1) is 0 Å². The van der Waals surface area contributed by atoms with Gasteiger partial charge in [-0.3, -0.25) is 9.59 Å². The number of piperazine rings is 1. The van der Waals surface area contributed by atoms with Crippen LogP contribution in [0.1, 0.15) is 10.4 Å². The summed E-state index contributed by atoms with van der Waals surface area (Å²) in [5.41, 5.74) is 3.57. The van der Waals surface area contributed by atoms with E-state index in [4.69, 9.17) is 4.74 Å². The average Bonchev–Trinajstić information content (AvgIpc) is 3.24. The van der Waals surface area contributed by atoms with Gasteiger partial charge in [-0.05, 0) is 35.4 Å². The molecular weight excluding hydrogens is 384 g/mol. The molecule has 2 aromatic carbocycles. The highest BCUT2D eigenvalue weighted by Crippen LogP contribution is 2.31. The smallest absolute Gasteiger partial charge is 0.259 e. The van der Waals surface area contributed by atoms with Gasteiger partial charge in [-0.25, -0.2) is 0 Å². The Morgan fingerprint density at radius 1 is 0.867 bits per heavy atom. The fraction of sp³-hybridized carbons (Fsp3) is 0.364. The van der Waals surface area contributed by atoms with Crippen LogP contribution in [-0.4, -0.2) is 78.4 Å². The molecule has 2 fully saturated rings. The number of hydrogen-bond donors (Lipinski definition) is 3. The van der Waals surface area contributed by atoms with Crippen molar-refractivity contribution in [3.8, 4) is 11.1 Å². The molecule has 156 valence electrons. The number of carbonyl (C=O) groups excluding carboxylic acids is 2. The Bertz CT molecular complexity index is 979.